The number of anilines is 1. The van der Waals surface area contributed by atoms with Crippen LogP contribution in [0.25, 0.3) is 11.6 Å². The monoisotopic (exact) mass is 234 g/mol. The van der Waals surface area contributed by atoms with E-state index < -0.39 is 0 Å². The number of hydrogen-bond acceptors (Lipinski definition) is 6. The third-order valence-corrected chi connectivity index (χ3v) is 2.16. The van der Waals surface area contributed by atoms with Gasteiger partial charge in [-0.05, 0) is 13.8 Å². The maximum Gasteiger partial charge on any atom is 0.321 e. The molecule has 0 bridgehead atoms. The molecule has 0 aromatic carbocycles. The van der Waals surface area contributed by atoms with Gasteiger partial charge in [-0.15, -0.1) is 0 Å². The van der Waals surface area contributed by atoms with E-state index in [1.807, 2.05) is 24.6 Å². The molecule has 2 rings (SSSR count). The topological polar surface area (TPSA) is 91.7 Å². The van der Waals surface area contributed by atoms with E-state index in [1.54, 1.807) is 6.20 Å². The summed E-state index contributed by atoms with van der Waals surface area (Å²) >= 11 is 0. The minimum Gasteiger partial charge on any atom is -0.464 e. The van der Waals surface area contributed by atoms with Crippen molar-refractivity contribution in [3.8, 4) is 17.7 Å². The van der Waals surface area contributed by atoms with E-state index in [9.17, 15) is 0 Å². The van der Waals surface area contributed by atoms with Crippen molar-refractivity contribution < 1.29 is 4.74 Å². The lowest BCUT2D eigenvalue weighted by Crippen LogP contribution is -2.07. The Morgan fingerprint density at radius 2 is 2.12 bits per heavy atom. The van der Waals surface area contributed by atoms with Gasteiger partial charge in [0, 0.05) is 18.9 Å². The zero-order valence-corrected chi connectivity index (χ0v) is 9.79. The molecule has 0 fully saturated rings. The van der Waals surface area contributed by atoms with Gasteiger partial charge in [-0.2, -0.15) is 15.0 Å². The van der Waals surface area contributed by atoms with Crippen LogP contribution in [0, 0.1) is 0 Å². The van der Waals surface area contributed by atoms with E-state index in [1.165, 1.54) is 0 Å². The molecular weight excluding hydrogens is 220 g/mol. The largest absolute Gasteiger partial charge is 0.464 e. The van der Waals surface area contributed by atoms with Crippen molar-refractivity contribution in [1.82, 2.24) is 24.5 Å². The smallest absolute Gasteiger partial charge is 0.321 e. The summed E-state index contributed by atoms with van der Waals surface area (Å²) in [5.74, 6) is 1.21. The zero-order valence-electron chi connectivity index (χ0n) is 9.79. The molecule has 0 spiro atoms. The van der Waals surface area contributed by atoms with E-state index in [0.717, 1.165) is 6.54 Å². The number of ether oxygens (including phenoxy) is 1. The molecule has 2 aromatic rings. The molecule has 0 saturated heterocycles. The molecular formula is C10H14N6O. The van der Waals surface area contributed by atoms with Crippen molar-refractivity contribution in [2.75, 3.05) is 12.3 Å². The quantitative estimate of drug-likeness (QED) is 0.838. The van der Waals surface area contributed by atoms with Gasteiger partial charge in [0.25, 0.3) is 0 Å². The summed E-state index contributed by atoms with van der Waals surface area (Å²) in [6.45, 7) is 5.13. The lowest BCUT2D eigenvalue weighted by molar-refractivity contribution is 0.312. The molecule has 0 amide bonds. The van der Waals surface area contributed by atoms with Crippen molar-refractivity contribution >= 4 is 5.95 Å². The van der Waals surface area contributed by atoms with Crippen LogP contribution >= 0.6 is 0 Å². The molecule has 0 saturated carbocycles. The van der Waals surface area contributed by atoms with Gasteiger partial charge in [0.05, 0.1) is 6.61 Å². The number of imidazole rings is 1. The first-order chi connectivity index (χ1) is 8.24. The van der Waals surface area contributed by atoms with Crippen LogP contribution in [0.1, 0.15) is 13.8 Å². The lowest BCUT2D eigenvalue weighted by atomic mass is 10.5. The van der Waals surface area contributed by atoms with Gasteiger partial charge in [0.1, 0.15) is 0 Å². The SMILES string of the molecule is CCOc1nc(N)nc(-c2nccn2CC)n1. The Morgan fingerprint density at radius 3 is 2.82 bits per heavy atom. The second-order valence-corrected chi connectivity index (χ2v) is 3.27. The molecule has 0 aliphatic carbocycles. The summed E-state index contributed by atoms with van der Waals surface area (Å²) in [5, 5.41) is 0. The van der Waals surface area contributed by atoms with E-state index in [4.69, 9.17) is 10.5 Å². The number of aryl methyl sites for hydroxylation is 1. The van der Waals surface area contributed by atoms with E-state index in [-0.39, 0.29) is 12.0 Å². The zero-order chi connectivity index (χ0) is 12.3. The minimum absolute atomic E-state index is 0.129. The van der Waals surface area contributed by atoms with Crippen molar-refractivity contribution in [2.45, 2.75) is 20.4 Å². The third kappa shape index (κ3) is 2.32. The molecule has 0 atom stereocenters. The summed E-state index contributed by atoms with van der Waals surface area (Å²) in [6.07, 6.45) is 3.55. The highest BCUT2D eigenvalue weighted by Gasteiger charge is 2.11. The van der Waals surface area contributed by atoms with Gasteiger partial charge in [-0.25, -0.2) is 4.98 Å². The Kier molecular flexibility index (Phi) is 3.17. The minimum atomic E-state index is 0.129. The first kappa shape index (κ1) is 11.3. The number of rotatable bonds is 4. The van der Waals surface area contributed by atoms with Crippen LogP contribution in [-0.4, -0.2) is 31.1 Å². The lowest BCUT2D eigenvalue weighted by Gasteiger charge is -2.06. The highest BCUT2D eigenvalue weighted by molar-refractivity contribution is 5.46. The van der Waals surface area contributed by atoms with Crippen LogP contribution in [0.15, 0.2) is 12.4 Å². The molecule has 0 unspecified atom stereocenters. The van der Waals surface area contributed by atoms with Crippen LogP contribution in [-0.2, 0) is 6.54 Å². The van der Waals surface area contributed by atoms with Crippen LogP contribution in [0.4, 0.5) is 5.95 Å². The molecule has 2 N–H and O–H groups in total. The van der Waals surface area contributed by atoms with Crippen LogP contribution < -0.4 is 10.5 Å². The van der Waals surface area contributed by atoms with E-state index in [2.05, 4.69) is 19.9 Å². The summed E-state index contributed by atoms with van der Waals surface area (Å²) in [6, 6.07) is 0.223. The number of aromatic nitrogens is 5. The Bertz CT molecular complexity index is 509. The molecule has 90 valence electrons. The van der Waals surface area contributed by atoms with Crippen molar-refractivity contribution in [1.29, 1.82) is 0 Å². The Hall–Kier alpha value is -2.18. The molecule has 0 aliphatic rings. The maximum absolute atomic E-state index is 5.61. The van der Waals surface area contributed by atoms with Gasteiger partial charge < -0.3 is 15.0 Å². The number of nitrogens with two attached hydrogens (primary N) is 1. The third-order valence-electron chi connectivity index (χ3n) is 2.16. The van der Waals surface area contributed by atoms with Gasteiger partial charge >= 0.3 is 6.01 Å². The fraction of sp³-hybridized carbons (Fsp3) is 0.400. The van der Waals surface area contributed by atoms with Crippen molar-refractivity contribution in [3.63, 3.8) is 0 Å². The molecule has 0 aliphatic heterocycles. The molecule has 2 heterocycles. The fourth-order valence-electron chi connectivity index (χ4n) is 1.44. The highest BCUT2D eigenvalue weighted by atomic mass is 16.5. The van der Waals surface area contributed by atoms with Crippen LogP contribution in [0.5, 0.6) is 6.01 Å². The average Bonchev–Trinajstić information content (AvgIpc) is 2.76. The molecule has 7 heteroatoms. The Labute approximate surface area is 98.7 Å². The fourth-order valence-corrected chi connectivity index (χ4v) is 1.44. The van der Waals surface area contributed by atoms with Gasteiger partial charge in [-0.3, -0.25) is 0 Å². The molecule has 2 aromatic heterocycles. The second kappa shape index (κ2) is 4.77. The van der Waals surface area contributed by atoms with Crippen molar-refractivity contribution in [3.05, 3.63) is 12.4 Å². The Balaban J connectivity index is 2.44. The number of nitrogen functional groups attached to an aromatic ring is 1. The van der Waals surface area contributed by atoms with E-state index >= 15 is 0 Å². The normalized spacial score (nSPS) is 10.5. The molecule has 7 nitrogen and oxygen atoms in total. The molecule has 0 radical (unpaired) electrons. The summed E-state index contributed by atoms with van der Waals surface area (Å²) in [7, 11) is 0. The highest BCUT2D eigenvalue weighted by Crippen LogP contribution is 2.16. The summed E-state index contributed by atoms with van der Waals surface area (Å²) in [5.41, 5.74) is 5.61. The van der Waals surface area contributed by atoms with Crippen LogP contribution in [0.2, 0.25) is 0 Å². The number of hydrogen-bond donors (Lipinski definition) is 1. The standard InChI is InChI=1S/C10H14N6O/c1-3-16-6-5-12-8(16)7-13-9(11)15-10(14-7)17-4-2/h5-6H,3-4H2,1-2H3,(H2,11,13,14,15). The van der Waals surface area contributed by atoms with Crippen molar-refractivity contribution in [2.24, 2.45) is 0 Å². The number of nitrogens with zero attached hydrogens (tertiary/aromatic N) is 5. The van der Waals surface area contributed by atoms with Gasteiger partial charge in [-0.1, -0.05) is 0 Å². The predicted octanol–water partition coefficient (Wildman–Crippen LogP) is 0.736. The first-order valence-corrected chi connectivity index (χ1v) is 5.40. The van der Waals surface area contributed by atoms with Gasteiger partial charge in [0.2, 0.25) is 11.8 Å². The second-order valence-electron chi connectivity index (χ2n) is 3.27. The first-order valence-electron chi connectivity index (χ1n) is 5.40. The summed E-state index contributed by atoms with van der Waals surface area (Å²) < 4.78 is 7.14. The predicted molar refractivity (Wildman–Crippen MR) is 62.3 cm³/mol. The average molecular weight is 234 g/mol. The Morgan fingerprint density at radius 1 is 1.29 bits per heavy atom. The maximum atomic E-state index is 5.61. The van der Waals surface area contributed by atoms with E-state index in [0.29, 0.717) is 18.3 Å². The van der Waals surface area contributed by atoms with Crippen LogP contribution in [0.3, 0.4) is 0 Å². The van der Waals surface area contributed by atoms with Gasteiger partial charge in [0.15, 0.2) is 5.82 Å². The summed E-state index contributed by atoms with van der Waals surface area (Å²) in [4.78, 5) is 16.3. The molecule has 17 heavy (non-hydrogen) atoms.